The van der Waals surface area contributed by atoms with Crippen LogP contribution in [-0.2, 0) is 0 Å². The SMILES string of the molecule is CNC(c1ccc(Br)c(C)c1)c1cc2cc(C)ccc2o1. The van der Waals surface area contributed by atoms with Gasteiger partial charge in [0.2, 0.25) is 0 Å². The molecule has 0 aliphatic rings. The Morgan fingerprint density at radius 3 is 2.57 bits per heavy atom. The van der Waals surface area contributed by atoms with E-state index < -0.39 is 0 Å². The molecule has 1 aromatic heterocycles. The maximum atomic E-state index is 6.03. The van der Waals surface area contributed by atoms with Crippen molar-refractivity contribution in [3.8, 4) is 0 Å². The topological polar surface area (TPSA) is 25.2 Å². The highest BCUT2D eigenvalue weighted by atomic mass is 79.9. The fraction of sp³-hybridized carbons (Fsp3) is 0.222. The van der Waals surface area contributed by atoms with Crippen molar-refractivity contribution in [1.29, 1.82) is 0 Å². The lowest BCUT2D eigenvalue weighted by Gasteiger charge is -2.15. The molecular weight excluding hydrogens is 326 g/mol. The number of hydrogen-bond acceptors (Lipinski definition) is 2. The van der Waals surface area contributed by atoms with Gasteiger partial charge in [-0.1, -0.05) is 39.7 Å². The molecular formula is C18H18BrNO. The molecule has 3 rings (SSSR count). The normalized spacial score (nSPS) is 12.8. The van der Waals surface area contributed by atoms with Crippen LogP contribution in [0.1, 0.15) is 28.5 Å². The monoisotopic (exact) mass is 343 g/mol. The summed E-state index contributed by atoms with van der Waals surface area (Å²) in [7, 11) is 1.96. The van der Waals surface area contributed by atoms with E-state index >= 15 is 0 Å². The number of nitrogens with one attached hydrogen (secondary N) is 1. The molecule has 0 radical (unpaired) electrons. The Kier molecular flexibility index (Phi) is 3.87. The Morgan fingerprint density at radius 2 is 1.86 bits per heavy atom. The molecule has 0 bridgehead atoms. The second kappa shape index (κ2) is 5.66. The van der Waals surface area contributed by atoms with Crippen LogP contribution >= 0.6 is 15.9 Å². The summed E-state index contributed by atoms with van der Waals surface area (Å²) in [5.74, 6) is 0.944. The van der Waals surface area contributed by atoms with Gasteiger partial charge in [0.05, 0.1) is 6.04 Å². The highest BCUT2D eigenvalue weighted by Gasteiger charge is 2.17. The van der Waals surface area contributed by atoms with E-state index in [-0.39, 0.29) is 6.04 Å². The Labute approximate surface area is 133 Å². The second-order valence-electron chi connectivity index (χ2n) is 5.42. The molecule has 21 heavy (non-hydrogen) atoms. The molecule has 3 heteroatoms. The largest absolute Gasteiger partial charge is 0.459 e. The smallest absolute Gasteiger partial charge is 0.134 e. The van der Waals surface area contributed by atoms with E-state index in [0.717, 1.165) is 21.2 Å². The van der Waals surface area contributed by atoms with Gasteiger partial charge in [-0.05, 0) is 56.3 Å². The maximum absolute atomic E-state index is 6.03. The highest BCUT2D eigenvalue weighted by Crippen LogP contribution is 2.30. The first-order valence-corrected chi connectivity index (χ1v) is 7.81. The van der Waals surface area contributed by atoms with Crippen LogP contribution in [0.25, 0.3) is 11.0 Å². The molecule has 2 aromatic carbocycles. The molecule has 108 valence electrons. The van der Waals surface area contributed by atoms with Gasteiger partial charge in [-0.2, -0.15) is 0 Å². The van der Waals surface area contributed by atoms with Gasteiger partial charge in [0, 0.05) is 9.86 Å². The molecule has 1 unspecified atom stereocenters. The summed E-state index contributed by atoms with van der Waals surface area (Å²) < 4.78 is 7.15. The van der Waals surface area contributed by atoms with Crippen LogP contribution < -0.4 is 5.32 Å². The number of furan rings is 1. The van der Waals surface area contributed by atoms with E-state index in [2.05, 4.69) is 71.5 Å². The molecule has 0 saturated carbocycles. The van der Waals surface area contributed by atoms with Crippen molar-refractivity contribution in [1.82, 2.24) is 5.32 Å². The molecule has 1 N–H and O–H groups in total. The minimum absolute atomic E-state index is 0.0597. The van der Waals surface area contributed by atoms with Crippen LogP contribution in [0.15, 0.2) is 51.4 Å². The number of halogens is 1. The molecule has 0 aliphatic heterocycles. The number of benzene rings is 2. The van der Waals surface area contributed by atoms with Crippen LogP contribution in [0.5, 0.6) is 0 Å². The van der Waals surface area contributed by atoms with Gasteiger partial charge in [0.25, 0.3) is 0 Å². The third-order valence-corrected chi connectivity index (χ3v) is 4.67. The number of aryl methyl sites for hydroxylation is 2. The molecule has 0 spiro atoms. The molecule has 0 aliphatic carbocycles. The average Bonchev–Trinajstić information content (AvgIpc) is 2.86. The summed E-state index contributed by atoms with van der Waals surface area (Å²) in [4.78, 5) is 0. The van der Waals surface area contributed by atoms with Crippen molar-refractivity contribution in [2.24, 2.45) is 0 Å². The molecule has 0 saturated heterocycles. The Morgan fingerprint density at radius 1 is 1.05 bits per heavy atom. The first kappa shape index (κ1) is 14.4. The second-order valence-corrected chi connectivity index (χ2v) is 6.27. The molecule has 2 nitrogen and oxygen atoms in total. The van der Waals surface area contributed by atoms with Crippen molar-refractivity contribution in [2.75, 3.05) is 7.05 Å². The molecule has 3 aromatic rings. The minimum atomic E-state index is 0.0597. The maximum Gasteiger partial charge on any atom is 0.134 e. The zero-order valence-corrected chi connectivity index (χ0v) is 14.0. The zero-order chi connectivity index (χ0) is 15.0. The van der Waals surface area contributed by atoms with Crippen molar-refractivity contribution < 1.29 is 4.42 Å². The molecule has 0 fully saturated rings. The fourth-order valence-electron chi connectivity index (χ4n) is 2.65. The quantitative estimate of drug-likeness (QED) is 0.713. The van der Waals surface area contributed by atoms with Gasteiger partial charge in [-0.3, -0.25) is 0 Å². The first-order chi connectivity index (χ1) is 10.1. The lowest BCUT2D eigenvalue weighted by atomic mass is 10.0. The van der Waals surface area contributed by atoms with Gasteiger partial charge in [0.15, 0.2) is 0 Å². The van der Waals surface area contributed by atoms with E-state index in [1.54, 1.807) is 0 Å². The van der Waals surface area contributed by atoms with E-state index in [1.165, 1.54) is 16.7 Å². The standard InChI is InChI=1S/C18H18BrNO/c1-11-4-7-16-14(8-11)10-17(21-16)18(20-3)13-5-6-15(19)12(2)9-13/h4-10,18,20H,1-3H3. The third-order valence-electron chi connectivity index (χ3n) is 3.78. The van der Waals surface area contributed by atoms with Gasteiger partial charge >= 0.3 is 0 Å². The van der Waals surface area contributed by atoms with Crippen LogP contribution in [0, 0.1) is 13.8 Å². The first-order valence-electron chi connectivity index (χ1n) is 7.02. The average molecular weight is 344 g/mol. The fourth-order valence-corrected chi connectivity index (χ4v) is 2.89. The van der Waals surface area contributed by atoms with Crippen molar-refractivity contribution in [3.05, 3.63) is 69.4 Å². The van der Waals surface area contributed by atoms with Crippen LogP contribution in [0.2, 0.25) is 0 Å². The summed E-state index contributed by atoms with van der Waals surface area (Å²) in [6.07, 6.45) is 0. The third kappa shape index (κ3) is 2.76. The highest BCUT2D eigenvalue weighted by molar-refractivity contribution is 9.10. The summed E-state index contributed by atoms with van der Waals surface area (Å²) in [6, 6.07) is 14.8. The van der Waals surface area contributed by atoms with Gasteiger partial charge in [-0.25, -0.2) is 0 Å². The van der Waals surface area contributed by atoms with Crippen LogP contribution in [0.4, 0.5) is 0 Å². The van der Waals surface area contributed by atoms with Gasteiger partial charge < -0.3 is 9.73 Å². The molecule has 1 heterocycles. The summed E-state index contributed by atoms with van der Waals surface area (Å²) in [5, 5.41) is 4.50. The number of rotatable bonds is 3. The van der Waals surface area contributed by atoms with E-state index in [1.807, 2.05) is 13.1 Å². The van der Waals surface area contributed by atoms with E-state index in [9.17, 15) is 0 Å². The summed E-state index contributed by atoms with van der Waals surface area (Å²) in [5.41, 5.74) is 4.61. The Hall–Kier alpha value is -1.58. The molecule has 1 atom stereocenters. The lowest BCUT2D eigenvalue weighted by Crippen LogP contribution is -2.17. The van der Waals surface area contributed by atoms with E-state index in [0.29, 0.717) is 0 Å². The molecule has 0 amide bonds. The van der Waals surface area contributed by atoms with Gasteiger partial charge in [0.1, 0.15) is 11.3 Å². The predicted molar refractivity (Wildman–Crippen MR) is 90.7 cm³/mol. The minimum Gasteiger partial charge on any atom is -0.459 e. The number of hydrogen-bond donors (Lipinski definition) is 1. The van der Waals surface area contributed by atoms with E-state index in [4.69, 9.17) is 4.42 Å². The van der Waals surface area contributed by atoms with Gasteiger partial charge in [-0.15, -0.1) is 0 Å². The van der Waals surface area contributed by atoms with Crippen LogP contribution in [0.3, 0.4) is 0 Å². The summed E-state index contributed by atoms with van der Waals surface area (Å²) in [6.45, 7) is 4.20. The van der Waals surface area contributed by atoms with Crippen molar-refractivity contribution in [3.63, 3.8) is 0 Å². The summed E-state index contributed by atoms with van der Waals surface area (Å²) >= 11 is 3.55. The van der Waals surface area contributed by atoms with Crippen molar-refractivity contribution >= 4 is 26.9 Å². The predicted octanol–water partition coefficient (Wildman–Crippen LogP) is 5.12. The van der Waals surface area contributed by atoms with Crippen molar-refractivity contribution in [2.45, 2.75) is 19.9 Å². The lowest BCUT2D eigenvalue weighted by molar-refractivity contribution is 0.491. The Bertz CT molecular complexity index is 791. The Balaban J connectivity index is 2.06. The van der Waals surface area contributed by atoms with Crippen LogP contribution in [-0.4, -0.2) is 7.05 Å². The number of fused-ring (bicyclic) bond motifs is 1. The zero-order valence-electron chi connectivity index (χ0n) is 12.4.